The summed E-state index contributed by atoms with van der Waals surface area (Å²) in [6.45, 7) is 2.40. The van der Waals surface area contributed by atoms with Crippen LogP contribution in [-0.2, 0) is 6.42 Å². The van der Waals surface area contributed by atoms with Crippen LogP contribution in [0.5, 0.6) is 0 Å². The van der Waals surface area contributed by atoms with Crippen LogP contribution < -0.4 is 5.32 Å². The molecule has 1 saturated heterocycles. The van der Waals surface area contributed by atoms with Crippen LogP contribution in [0.2, 0.25) is 0 Å². The molecule has 1 nitrogen and oxygen atoms in total. The number of rotatable bonds is 2. The smallest absolute Gasteiger partial charge is 0.0133 e. The second-order valence-electron chi connectivity index (χ2n) is 3.69. The molecule has 0 amide bonds. The van der Waals surface area contributed by atoms with Gasteiger partial charge in [-0.05, 0) is 72.1 Å². The SMILES string of the molecule is Ic1cccc(CC2CCNC2)c1. The molecule has 1 fully saturated rings. The highest BCUT2D eigenvalue weighted by Crippen LogP contribution is 2.16. The van der Waals surface area contributed by atoms with E-state index in [4.69, 9.17) is 0 Å². The summed E-state index contributed by atoms with van der Waals surface area (Å²) in [7, 11) is 0. The van der Waals surface area contributed by atoms with Crippen LogP contribution in [0, 0.1) is 9.49 Å². The molecule has 0 radical (unpaired) electrons. The van der Waals surface area contributed by atoms with Crippen molar-refractivity contribution >= 4 is 22.6 Å². The first-order chi connectivity index (χ1) is 6.34. The third-order valence-corrected chi connectivity index (χ3v) is 3.25. The third-order valence-electron chi connectivity index (χ3n) is 2.58. The van der Waals surface area contributed by atoms with Crippen LogP contribution in [0.15, 0.2) is 24.3 Å². The van der Waals surface area contributed by atoms with Crippen molar-refractivity contribution in [1.82, 2.24) is 5.32 Å². The maximum Gasteiger partial charge on any atom is 0.0133 e. The second kappa shape index (κ2) is 4.42. The molecular formula is C11H14IN. The van der Waals surface area contributed by atoms with Gasteiger partial charge in [0, 0.05) is 3.57 Å². The lowest BCUT2D eigenvalue weighted by atomic mass is 9.99. The van der Waals surface area contributed by atoms with Crippen molar-refractivity contribution in [3.8, 4) is 0 Å². The molecule has 0 bridgehead atoms. The Morgan fingerprint density at radius 3 is 3.08 bits per heavy atom. The Kier molecular flexibility index (Phi) is 3.22. The van der Waals surface area contributed by atoms with E-state index in [9.17, 15) is 0 Å². The zero-order valence-electron chi connectivity index (χ0n) is 7.59. The Morgan fingerprint density at radius 1 is 1.46 bits per heavy atom. The highest BCUT2D eigenvalue weighted by atomic mass is 127. The van der Waals surface area contributed by atoms with Gasteiger partial charge in [-0.2, -0.15) is 0 Å². The summed E-state index contributed by atoms with van der Waals surface area (Å²) in [6, 6.07) is 8.83. The minimum absolute atomic E-state index is 0.859. The van der Waals surface area contributed by atoms with Gasteiger partial charge in [0.2, 0.25) is 0 Å². The maximum atomic E-state index is 3.41. The molecule has 1 aliphatic heterocycles. The van der Waals surface area contributed by atoms with Crippen LogP contribution in [0.25, 0.3) is 0 Å². The molecule has 1 unspecified atom stereocenters. The molecule has 1 N–H and O–H groups in total. The largest absolute Gasteiger partial charge is 0.316 e. The predicted molar refractivity (Wildman–Crippen MR) is 63.8 cm³/mol. The molecule has 2 rings (SSSR count). The Bertz CT molecular complexity index is 279. The fourth-order valence-corrected chi connectivity index (χ4v) is 2.49. The minimum atomic E-state index is 0.859. The molecule has 0 aromatic heterocycles. The van der Waals surface area contributed by atoms with Gasteiger partial charge in [-0.25, -0.2) is 0 Å². The normalized spacial score (nSPS) is 22.1. The van der Waals surface area contributed by atoms with Gasteiger partial charge >= 0.3 is 0 Å². The van der Waals surface area contributed by atoms with E-state index in [0.29, 0.717) is 0 Å². The van der Waals surface area contributed by atoms with Crippen molar-refractivity contribution < 1.29 is 0 Å². The summed E-state index contributed by atoms with van der Waals surface area (Å²) in [6.07, 6.45) is 2.58. The van der Waals surface area contributed by atoms with Crippen LogP contribution >= 0.6 is 22.6 Å². The van der Waals surface area contributed by atoms with E-state index >= 15 is 0 Å². The fourth-order valence-electron chi connectivity index (χ4n) is 1.89. The molecule has 1 aromatic rings. The van der Waals surface area contributed by atoms with Crippen LogP contribution in [0.3, 0.4) is 0 Å². The third kappa shape index (κ3) is 2.68. The van der Waals surface area contributed by atoms with Gasteiger partial charge in [-0.1, -0.05) is 12.1 Å². The lowest BCUT2D eigenvalue weighted by molar-refractivity contribution is 0.580. The highest BCUT2D eigenvalue weighted by molar-refractivity contribution is 14.1. The Labute approximate surface area is 93.1 Å². The molecule has 0 spiro atoms. The quantitative estimate of drug-likeness (QED) is 0.824. The van der Waals surface area contributed by atoms with Crippen molar-refractivity contribution in [3.63, 3.8) is 0 Å². The summed E-state index contributed by atoms with van der Waals surface area (Å²) in [5, 5.41) is 3.41. The first-order valence-corrected chi connectivity index (χ1v) is 5.87. The van der Waals surface area contributed by atoms with E-state index in [1.165, 1.54) is 35.1 Å². The van der Waals surface area contributed by atoms with Crippen molar-refractivity contribution in [2.75, 3.05) is 13.1 Å². The molecule has 1 aliphatic rings. The molecule has 0 aliphatic carbocycles. The molecule has 0 saturated carbocycles. The van der Waals surface area contributed by atoms with Gasteiger partial charge in [-0.15, -0.1) is 0 Å². The number of halogens is 1. The van der Waals surface area contributed by atoms with Crippen LogP contribution in [-0.4, -0.2) is 13.1 Å². The first-order valence-electron chi connectivity index (χ1n) is 4.80. The highest BCUT2D eigenvalue weighted by Gasteiger charge is 2.14. The Hall–Kier alpha value is -0.0900. The van der Waals surface area contributed by atoms with Gasteiger partial charge in [0.1, 0.15) is 0 Å². The number of hydrogen-bond acceptors (Lipinski definition) is 1. The summed E-state index contributed by atoms with van der Waals surface area (Å²) < 4.78 is 1.35. The number of nitrogens with one attached hydrogen (secondary N) is 1. The van der Waals surface area contributed by atoms with E-state index in [2.05, 4.69) is 52.2 Å². The summed E-state index contributed by atoms with van der Waals surface area (Å²) >= 11 is 2.38. The lowest BCUT2D eigenvalue weighted by Crippen LogP contribution is -2.10. The maximum absolute atomic E-state index is 3.41. The summed E-state index contributed by atoms with van der Waals surface area (Å²) in [5.41, 5.74) is 1.49. The zero-order chi connectivity index (χ0) is 9.10. The van der Waals surface area contributed by atoms with Gasteiger partial charge in [0.25, 0.3) is 0 Å². The average molecular weight is 287 g/mol. The summed E-state index contributed by atoms with van der Waals surface area (Å²) in [4.78, 5) is 0. The van der Waals surface area contributed by atoms with Gasteiger partial charge < -0.3 is 5.32 Å². The molecule has 1 atom stereocenters. The fraction of sp³-hybridized carbons (Fsp3) is 0.455. The molecule has 1 heterocycles. The topological polar surface area (TPSA) is 12.0 Å². The first kappa shape index (κ1) is 9.46. The average Bonchev–Trinajstić information content (AvgIpc) is 2.57. The number of benzene rings is 1. The van der Waals surface area contributed by atoms with Gasteiger partial charge in [-0.3, -0.25) is 0 Å². The zero-order valence-corrected chi connectivity index (χ0v) is 9.75. The van der Waals surface area contributed by atoms with Crippen LogP contribution in [0.1, 0.15) is 12.0 Å². The van der Waals surface area contributed by atoms with E-state index < -0.39 is 0 Å². The van der Waals surface area contributed by atoms with E-state index in [1.54, 1.807) is 0 Å². The molecular weight excluding hydrogens is 273 g/mol. The standard InChI is InChI=1S/C11H14IN/c12-11-3-1-2-9(7-11)6-10-4-5-13-8-10/h1-3,7,10,13H,4-6,8H2. The lowest BCUT2D eigenvalue weighted by Gasteiger charge is -2.07. The molecule has 70 valence electrons. The minimum Gasteiger partial charge on any atom is -0.316 e. The van der Waals surface area contributed by atoms with Crippen molar-refractivity contribution in [2.45, 2.75) is 12.8 Å². The van der Waals surface area contributed by atoms with E-state index in [-0.39, 0.29) is 0 Å². The van der Waals surface area contributed by atoms with Crippen molar-refractivity contribution in [2.24, 2.45) is 5.92 Å². The monoisotopic (exact) mass is 287 g/mol. The molecule has 13 heavy (non-hydrogen) atoms. The van der Waals surface area contributed by atoms with E-state index in [0.717, 1.165) is 5.92 Å². The molecule has 1 aromatic carbocycles. The Balaban J connectivity index is 2.00. The summed E-state index contributed by atoms with van der Waals surface area (Å²) in [5.74, 6) is 0.859. The van der Waals surface area contributed by atoms with Crippen molar-refractivity contribution in [3.05, 3.63) is 33.4 Å². The van der Waals surface area contributed by atoms with Gasteiger partial charge in [0.05, 0.1) is 0 Å². The van der Waals surface area contributed by atoms with Crippen molar-refractivity contribution in [1.29, 1.82) is 0 Å². The number of hydrogen-bond donors (Lipinski definition) is 1. The van der Waals surface area contributed by atoms with Gasteiger partial charge in [0.15, 0.2) is 0 Å². The van der Waals surface area contributed by atoms with E-state index in [1.807, 2.05) is 0 Å². The Morgan fingerprint density at radius 2 is 2.38 bits per heavy atom. The second-order valence-corrected chi connectivity index (χ2v) is 4.94. The predicted octanol–water partition coefficient (Wildman–Crippen LogP) is 2.44. The molecule has 2 heteroatoms. The van der Waals surface area contributed by atoms with Crippen LogP contribution in [0.4, 0.5) is 0 Å².